The fraction of sp³-hybridized carbons (Fsp3) is 0.375. The summed E-state index contributed by atoms with van der Waals surface area (Å²) in [5.74, 6) is 0.436. The van der Waals surface area contributed by atoms with E-state index in [-0.39, 0.29) is 6.61 Å². The molecule has 2 N–H and O–H groups in total. The predicted octanol–water partition coefficient (Wildman–Crippen LogP) is 1.18. The number of aliphatic hydroxyl groups excluding tert-OH is 2. The first kappa shape index (κ1) is 10.8. The van der Waals surface area contributed by atoms with Gasteiger partial charge in [-0.1, -0.05) is 11.6 Å². The van der Waals surface area contributed by atoms with Gasteiger partial charge in [-0.2, -0.15) is 0 Å². The first-order valence-corrected chi connectivity index (χ1v) is 5.12. The molecule has 5 heteroatoms. The molecular weight excluding hydrogens is 210 g/mol. The fourth-order valence-electron chi connectivity index (χ4n) is 0.682. The molecule has 0 aliphatic carbocycles. The Balaban J connectivity index is 2.41. The highest BCUT2D eigenvalue weighted by atomic mass is 35.5. The molecule has 0 saturated carbocycles. The Bertz CT molecular complexity index is 255. The smallest absolute Gasteiger partial charge is 0.0961 e. The second-order valence-corrected chi connectivity index (χ2v) is 3.94. The zero-order valence-electron chi connectivity index (χ0n) is 6.85. The number of pyridine rings is 1. The van der Waals surface area contributed by atoms with E-state index in [9.17, 15) is 0 Å². The van der Waals surface area contributed by atoms with E-state index >= 15 is 0 Å². The van der Waals surface area contributed by atoms with E-state index in [0.29, 0.717) is 10.8 Å². The molecular formula is C8H10ClNO2S. The van der Waals surface area contributed by atoms with E-state index < -0.39 is 6.10 Å². The number of aliphatic hydroxyl groups is 2. The van der Waals surface area contributed by atoms with Gasteiger partial charge < -0.3 is 10.2 Å². The van der Waals surface area contributed by atoms with E-state index in [1.165, 1.54) is 11.8 Å². The van der Waals surface area contributed by atoms with E-state index in [4.69, 9.17) is 21.8 Å². The lowest BCUT2D eigenvalue weighted by Crippen LogP contribution is -2.14. The van der Waals surface area contributed by atoms with Crippen LogP contribution in [0.15, 0.2) is 23.4 Å². The summed E-state index contributed by atoms with van der Waals surface area (Å²) in [4.78, 5) is 4.02. The maximum Gasteiger partial charge on any atom is 0.0961 e. The Hall–Kier alpha value is -0.290. The third-order valence-electron chi connectivity index (χ3n) is 1.33. The van der Waals surface area contributed by atoms with Gasteiger partial charge in [-0.15, -0.1) is 11.8 Å². The van der Waals surface area contributed by atoms with Gasteiger partial charge in [0.1, 0.15) is 0 Å². The quantitative estimate of drug-likeness (QED) is 0.747. The summed E-state index contributed by atoms with van der Waals surface area (Å²) < 4.78 is 0. The van der Waals surface area contributed by atoms with Gasteiger partial charge >= 0.3 is 0 Å². The zero-order valence-corrected chi connectivity index (χ0v) is 8.42. The third kappa shape index (κ3) is 3.95. The van der Waals surface area contributed by atoms with Gasteiger partial charge in [-0.25, -0.2) is 4.98 Å². The van der Waals surface area contributed by atoms with Crippen LogP contribution in [0.5, 0.6) is 0 Å². The molecule has 1 atom stereocenters. The standard InChI is InChI=1S/C8H10ClNO2S/c9-6-1-2-8(10-3-6)13-5-7(12)4-11/h1-3,7,11-12H,4-5H2/t7-/m0/s1. The Kier molecular flexibility index (Phi) is 4.52. The van der Waals surface area contributed by atoms with Crippen molar-refractivity contribution in [3.8, 4) is 0 Å². The molecule has 3 nitrogen and oxygen atoms in total. The van der Waals surface area contributed by atoms with Crippen molar-refractivity contribution in [1.29, 1.82) is 0 Å². The van der Waals surface area contributed by atoms with Crippen LogP contribution >= 0.6 is 23.4 Å². The van der Waals surface area contributed by atoms with Crippen molar-refractivity contribution in [3.05, 3.63) is 23.4 Å². The Morgan fingerprint density at radius 2 is 2.31 bits per heavy atom. The summed E-state index contributed by atoms with van der Waals surface area (Å²) in [6, 6.07) is 3.51. The highest BCUT2D eigenvalue weighted by Gasteiger charge is 2.03. The first-order chi connectivity index (χ1) is 6.22. The zero-order chi connectivity index (χ0) is 9.68. The maximum atomic E-state index is 9.05. The molecule has 1 aromatic heterocycles. The third-order valence-corrected chi connectivity index (χ3v) is 2.65. The van der Waals surface area contributed by atoms with Crippen LogP contribution in [0.3, 0.4) is 0 Å². The van der Waals surface area contributed by atoms with Gasteiger partial charge in [0, 0.05) is 11.9 Å². The number of aromatic nitrogens is 1. The predicted molar refractivity (Wildman–Crippen MR) is 53.1 cm³/mol. The second-order valence-electron chi connectivity index (χ2n) is 2.46. The van der Waals surface area contributed by atoms with Crippen LogP contribution in [-0.2, 0) is 0 Å². The van der Waals surface area contributed by atoms with Gasteiger partial charge in [0.15, 0.2) is 0 Å². The van der Waals surface area contributed by atoms with Crippen molar-refractivity contribution in [2.24, 2.45) is 0 Å². The largest absolute Gasteiger partial charge is 0.394 e. The van der Waals surface area contributed by atoms with Crippen molar-refractivity contribution in [3.63, 3.8) is 0 Å². The van der Waals surface area contributed by atoms with Crippen LogP contribution in [0, 0.1) is 0 Å². The number of halogens is 1. The maximum absolute atomic E-state index is 9.05. The molecule has 0 bridgehead atoms. The van der Waals surface area contributed by atoms with Crippen molar-refractivity contribution < 1.29 is 10.2 Å². The van der Waals surface area contributed by atoms with Crippen LogP contribution in [-0.4, -0.2) is 33.7 Å². The van der Waals surface area contributed by atoms with Crippen LogP contribution in [0.1, 0.15) is 0 Å². The molecule has 13 heavy (non-hydrogen) atoms. The molecule has 0 aliphatic heterocycles. The Labute approximate surface area is 85.8 Å². The molecule has 0 saturated heterocycles. The topological polar surface area (TPSA) is 53.4 Å². The normalized spacial score (nSPS) is 12.8. The Morgan fingerprint density at radius 1 is 1.54 bits per heavy atom. The van der Waals surface area contributed by atoms with Crippen molar-refractivity contribution in [2.45, 2.75) is 11.1 Å². The summed E-state index contributed by atoms with van der Waals surface area (Å²) in [7, 11) is 0. The molecule has 0 aromatic carbocycles. The summed E-state index contributed by atoms with van der Waals surface area (Å²) in [6.45, 7) is -0.222. The van der Waals surface area contributed by atoms with E-state index in [1.807, 2.05) is 0 Å². The summed E-state index contributed by atoms with van der Waals surface area (Å²) in [5.41, 5.74) is 0. The molecule has 1 aromatic rings. The summed E-state index contributed by atoms with van der Waals surface area (Å²) in [6.07, 6.45) is 0.859. The van der Waals surface area contributed by atoms with Crippen molar-refractivity contribution >= 4 is 23.4 Å². The molecule has 0 radical (unpaired) electrons. The molecule has 0 aliphatic rings. The lowest BCUT2D eigenvalue weighted by Gasteiger charge is -2.05. The first-order valence-electron chi connectivity index (χ1n) is 3.75. The highest BCUT2D eigenvalue weighted by molar-refractivity contribution is 7.99. The summed E-state index contributed by atoms with van der Waals surface area (Å²) in [5, 5.41) is 19.0. The average molecular weight is 220 g/mol. The molecule has 0 unspecified atom stereocenters. The minimum atomic E-state index is -0.692. The van der Waals surface area contributed by atoms with Gasteiger partial charge in [-0.05, 0) is 12.1 Å². The average Bonchev–Trinajstić information content (AvgIpc) is 2.16. The minimum absolute atomic E-state index is 0.222. The molecule has 1 heterocycles. The number of thioether (sulfide) groups is 1. The van der Waals surface area contributed by atoms with Crippen LogP contribution in [0.2, 0.25) is 5.02 Å². The highest BCUT2D eigenvalue weighted by Crippen LogP contribution is 2.17. The lowest BCUT2D eigenvalue weighted by molar-refractivity contribution is 0.113. The molecule has 0 amide bonds. The van der Waals surface area contributed by atoms with E-state index in [2.05, 4.69) is 4.98 Å². The van der Waals surface area contributed by atoms with Crippen molar-refractivity contribution in [2.75, 3.05) is 12.4 Å². The molecule has 1 rings (SSSR count). The minimum Gasteiger partial charge on any atom is -0.394 e. The SMILES string of the molecule is OC[C@H](O)CSc1ccc(Cl)cn1. The van der Waals surface area contributed by atoms with Gasteiger partial charge in [0.25, 0.3) is 0 Å². The molecule has 0 spiro atoms. The van der Waals surface area contributed by atoms with Gasteiger partial charge in [-0.3, -0.25) is 0 Å². The van der Waals surface area contributed by atoms with Gasteiger partial charge in [0.05, 0.1) is 22.8 Å². The molecule has 72 valence electrons. The van der Waals surface area contributed by atoms with Crippen LogP contribution < -0.4 is 0 Å². The van der Waals surface area contributed by atoms with Crippen molar-refractivity contribution in [1.82, 2.24) is 4.98 Å². The second kappa shape index (κ2) is 5.44. The Morgan fingerprint density at radius 3 is 2.85 bits per heavy atom. The van der Waals surface area contributed by atoms with E-state index in [1.54, 1.807) is 18.3 Å². The van der Waals surface area contributed by atoms with Crippen LogP contribution in [0.25, 0.3) is 0 Å². The lowest BCUT2D eigenvalue weighted by atomic mass is 10.4. The fourth-order valence-corrected chi connectivity index (χ4v) is 1.55. The summed E-state index contributed by atoms with van der Waals surface area (Å²) >= 11 is 7.02. The molecule has 0 fully saturated rings. The number of hydrogen-bond acceptors (Lipinski definition) is 4. The number of nitrogens with zero attached hydrogens (tertiary/aromatic N) is 1. The monoisotopic (exact) mass is 219 g/mol. The van der Waals surface area contributed by atoms with Gasteiger partial charge in [0.2, 0.25) is 0 Å². The number of hydrogen-bond donors (Lipinski definition) is 2. The van der Waals surface area contributed by atoms with Crippen LogP contribution in [0.4, 0.5) is 0 Å². The number of rotatable bonds is 4. The van der Waals surface area contributed by atoms with E-state index in [0.717, 1.165) is 5.03 Å².